The third kappa shape index (κ3) is 4.01. The molecule has 2 N–H and O–H groups in total. The number of carbonyl (C=O) groups is 3. The molecule has 2 heterocycles. The number of alkyl carbamates (subject to hydrolysis) is 1. The molecule has 2 aromatic carbocycles. The minimum atomic E-state index is -1.18. The smallest absolute Gasteiger partial charge is 0.407 e. The normalized spacial score (nSPS) is 14.7. The van der Waals surface area contributed by atoms with Gasteiger partial charge in [0, 0.05) is 19.6 Å². The first kappa shape index (κ1) is 22.6. The average molecular weight is 476 g/mol. The molecule has 10 nitrogen and oxygen atoms in total. The van der Waals surface area contributed by atoms with E-state index in [4.69, 9.17) is 9.47 Å². The number of carboxylic acid groups (broad SMARTS) is 1. The van der Waals surface area contributed by atoms with Gasteiger partial charge in [0.1, 0.15) is 24.0 Å². The molecule has 10 heteroatoms. The van der Waals surface area contributed by atoms with E-state index in [2.05, 4.69) is 10.4 Å². The molecule has 1 atom stereocenters. The van der Waals surface area contributed by atoms with E-state index < -0.39 is 24.0 Å². The second kappa shape index (κ2) is 9.22. The van der Waals surface area contributed by atoms with Gasteiger partial charge in [0.2, 0.25) is 0 Å². The number of carboxylic acids is 1. The second-order valence-electron chi connectivity index (χ2n) is 8.38. The van der Waals surface area contributed by atoms with Crippen molar-refractivity contribution >= 4 is 23.8 Å². The van der Waals surface area contributed by atoms with E-state index in [0.29, 0.717) is 6.54 Å². The summed E-state index contributed by atoms with van der Waals surface area (Å²) < 4.78 is 12.2. The number of amides is 2. The number of methoxy groups -OCH3 is 1. The van der Waals surface area contributed by atoms with Crippen LogP contribution < -0.4 is 10.2 Å². The Bertz CT molecular complexity index is 1260. The SMILES string of the molecule is COC[C@H](NC(=O)OCC1c2ccccc2-c2ccccc21)C(=O)N1CCn2ncc(C(=O)O)c21. The molecule has 0 bridgehead atoms. The number of aromatic carboxylic acids is 1. The Kier molecular flexibility index (Phi) is 5.96. The predicted octanol–water partition coefficient (Wildman–Crippen LogP) is 2.48. The van der Waals surface area contributed by atoms with Gasteiger partial charge in [-0.25, -0.2) is 14.3 Å². The number of nitrogens with one attached hydrogen (secondary N) is 1. The monoisotopic (exact) mass is 476 g/mol. The van der Waals surface area contributed by atoms with Gasteiger partial charge in [-0.2, -0.15) is 5.10 Å². The lowest BCUT2D eigenvalue weighted by atomic mass is 9.98. The molecule has 0 saturated carbocycles. The van der Waals surface area contributed by atoms with E-state index in [-0.39, 0.29) is 37.1 Å². The van der Waals surface area contributed by atoms with Crippen molar-refractivity contribution in [1.82, 2.24) is 15.1 Å². The van der Waals surface area contributed by atoms with E-state index in [1.807, 2.05) is 48.5 Å². The first-order valence-corrected chi connectivity index (χ1v) is 11.2. The van der Waals surface area contributed by atoms with Crippen LogP contribution in [-0.4, -0.2) is 65.8 Å². The molecular weight excluding hydrogens is 452 g/mol. The molecule has 1 aliphatic heterocycles. The quantitative estimate of drug-likeness (QED) is 0.537. The highest BCUT2D eigenvalue weighted by atomic mass is 16.5. The van der Waals surface area contributed by atoms with Gasteiger partial charge >= 0.3 is 12.1 Å². The van der Waals surface area contributed by atoms with Crippen molar-refractivity contribution in [1.29, 1.82) is 0 Å². The van der Waals surface area contributed by atoms with Gasteiger partial charge < -0.3 is 19.9 Å². The summed E-state index contributed by atoms with van der Waals surface area (Å²) >= 11 is 0. The van der Waals surface area contributed by atoms with E-state index in [1.165, 1.54) is 22.9 Å². The van der Waals surface area contributed by atoms with Crippen molar-refractivity contribution in [3.63, 3.8) is 0 Å². The summed E-state index contributed by atoms with van der Waals surface area (Å²) in [4.78, 5) is 38.8. The van der Waals surface area contributed by atoms with Gasteiger partial charge in [0.05, 0.1) is 19.3 Å². The molecule has 0 spiro atoms. The van der Waals surface area contributed by atoms with E-state index >= 15 is 0 Å². The number of nitrogens with zero attached hydrogens (tertiary/aromatic N) is 3. The third-order valence-corrected chi connectivity index (χ3v) is 6.37. The summed E-state index contributed by atoms with van der Waals surface area (Å²) in [5.74, 6) is -1.60. The summed E-state index contributed by atoms with van der Waals surface area (Å²) in [5, 5.41) is 16.0. The number of ether oxygens (including phenoxy) is 2. The Morgan fingerprint density at radius 1 is 1.09 bits per heavy atom. The molecule has 0 saturated heterocycles. The Balaban J connectivity index is 1.28. The Morgan fingerprint density at radius 2 is 1.74 bits per heavy atom. The highest BCUT2D eigenvalue weighted by molar-refractivity contribution is 6.04. The maximum Gasteiger partial charge on any atom is 0.407 e. The number of rotatable bonds is 7. The van der Waals surface area contributed by atoms with Gasteiger partial charge in [-0.3, -0.25) is 9.69 Å². The third-order valence-electron chi connectivity index (χ3n) is 6.37. The van der Waals surface area contributed by atoms with Crippen LogP contribution in [0.25, 0.3) is 11.1 Å². The molecule has 0 radical (unpaired) electrons. The molecule has 2 aliphatic rings. The fourth-order valence-corrected chi connectivity index (χ4v) is 4.81. The molecule has 180 valence electrons. The first-order chi connectivity index (χ1) is 17.0. The van der Waals surface area contributed by atoms with Crippen LogP contribution >= 0.6 is 0 Å². The van der Waals surface area contributed by atoms with Crippen LogP contribution in [0, 0.1) is 0 Å². The zero-order valence-corrected chi connectivity index (χ0v) is 19.0. The number of fused-ring (bicyclic) bond motifs is 4. The van der Waals surface area contributed by atoms with Gasteiger partial charge in [0.15, 0.2) is 0 Å². The molecule has 5 rings (SSSR count). The number of hydrogen-bond acceptors (Lipinski definition) is 6. The number of benzene rings is 2. The lowest BCUT2D eigenvalue weighted by Crippen LogP contribution is -2.51. The Hall–Kier alpha value is -4.18. The molecular formula is C25H24N4O6. The van der Waals surface area contributed by atoms with E-state index in [9.17, 15) is 19.5 Å². The maximum absolute atomic E-state index is 13.2. The lowest BCUT2D eigenvalue weighted by molar-refractivity contribution is -0.121. The molecule has 35 heavy (non-hydrogen) atoms. The topological polar surface area (TPSA) is 123 Å². The zero-order chi connectivity index (χ0) is 24.5. The van der Waals surface area contributed by atoms with Crippen molar-refractivity contribution in [2.45, 2.75) is 18.5 Å². The number of hydrogen-bond donors (Lipinski definition) is 2. The fraction of sp³-hybridized carbons (Fsp3) is 0.280. The summed E-state index contributed by atoms with van der Waals surface area (Å²) in [7, 11) is 1.41. The number of anilines is 1. The minimum Gasteiger partial charge on any atom is -0.477 e. The summed E-state index contributed by atoms with van der Waals surface area (Å²) in [5.41, 5.74) is 4.32. The highest BCUT2D eigenvalue weighted by Gasteiger charge is 2.36. The van der Waals surface area contributed by atoms with Gasteiger partial charge in [-0.05, 0) is 22.3 Å². The van der Waals surface area contributed by atoms with Crippen LogP contribution in [0.4, 0.5) is 10.6 Å². The molecule has 3 aromatic rings. The van der Waals surface area contributed by atoms with Crippen LogP contribution in [0.1, 0.15) is 27.4 Å². The molecule has 1 aliphatic carbocycles. The molecule has 0 unspecified atom stereocenters. The van der Waals surface area contributed by atoms with Gasteiger partial charge in [-0.1, -0.05) is 48.5 Å². The number of carbonyl (C=O) groups excluding carboxylic acids is 2. The van der Waals surface area contributed by atoms with Gasteiger partial charge in [-0.15, -0.1) is 0 Å². The summed E-state index contributed by atoms with van der Waals surface area (Å²) in [6, 6.07) is 15.0. The van der Waals surface area contributed by atoms with Crippen molar-refractivity contribution < 1.29 is 29.0 Å². The zero-order valence-electron chi connectivity index (χ0n) is 19.0. The molecule has 1 aromatic heterocycles. The Labute approximate surface area is 201 Å². The van der Waals surface area contributed by atoms with Crippen molar-refractivity contribution in [3.8, 4) is 11.1 Å². The predicted molar refractivity (Wildman–Crippen MR) is 125 cm³/mol. The fourth-order valence-electron chi connectivity index (χ4n) is 4.81. The van der Waals surface area contributed by atoms with E-state index in [1.54, 1.807) is 0 Å². The maximum atomic E-state index is 13.2. The summed E-state index contributed by atoms with van der Waals surface area (Å²) in [6.45, 7) is 0.608. The summed E-state index contributed by atoms with van der Waals surface area (Å²) in [6.07, 6.45) is 0.454. The molecule has 2 amide bonds. The minimum absolute atomic E-state index is 0.0758. The van der Waals surface area contributed by atoms with Crippen LogP contribution in [-0.2, 0) is 20.8 Å². The van der Waals surface area contributed by atoms with E-state index in [0.717, 1.165) is 22.3 Å². The first-order valence-electron chi connectivity index (χ1n) is 11.2. The van der Waals surface area contributed by atoms with Gasteiger partial charge in [0.25, 0.3) is 5.91 Å². The average Bonchev–Trinajstić information content (AvgIpc) is 3.54. The standard InChI is InChI=1S/C25H24N4O6/c1-34-14-21(23(30)28-10-11-29-22(28)19(12-26-29)24(31)32)27-25(33)35-13-20-17-8-4-2-6-15(17)16-7-3-5-9-18(16)20/h2-9,12,20-21H,10-11,13-14H2,1H3,(H,27,33)(H,31,32)/t21-/m0/s1. The van der Waals surface area contributed by atoms with Crippen molar-refractivity contribution in [2.75, 3.05) is 31.8 Å². The van der Waals surface area contributed by atoms with Crippen LogP contribution in [0.3, 0.4) is 0 Å². The van der Waals surface area contributed by atoms with Crippen LogP contribution in [0.2, 0.25) is 0 Å². The molecule has 0 fully saturated rings. The number of aromatic nitrogens is 2. The van der Waals surface area contributed by atoms with Crippen molar-refractivity contribution in [2.24, 2.45) is 0 Å². The second-order valence-corrected chi connectivity index (χ2v) is 8.38. The Morgan fingerprint density at radius 3 is 2.37 bits per heavy atom. The van der Waals surface area contributed by atoms with Crippen molar-refractivity contribution in [3.05, 3.63) is 71.4 Å². The van der Waals surface area contributed by atoms with Crippen LogP contribution in [0.15, 0.2) is 54.7 Å². The van der Waals surface area contributed by atoms with Crippen LogP contribution in [0.5, 0.6) is 0 Å². The lowest BCUT2D eigenvalue weighted by Gasteiger charge is -2.23. The largest absolute Gasteiger partial charge is 0.477 e. The highest BCUT2D eigenvalue weighted by Crippen LogP contribution is 2.44.